The Bertz CT molecular complexity index is 783. The fraction of sp³-hybridized carbons (Fsp3) is 0.111. The number of benzene rings is 3. The smallest absolute Gasteiger partial charge is 0.162 e. The third-order valence-electron chi connectivity index (χ3n) is 3.57. The summed E-state index contributed by atoms with van der Waals surface area (Å²) in [5.74, 6) is -1.56. The molecule has 1 unspecified atom stereocenters. The van der Waals surface area contributed by atoms with Crippen molar-refractivity contribution in [2.24, 2.45) is 0 Å². The summed E-state index contributed by atoms with van der Waals surface area (Å²) in [6, 6.07) is 18.5. The first-order valence-corrected chi connectivity index (χ1v) is 7.62. The van der Waals surface area contributed by atoms with Crippen molar-refractivity contribution in [3.05, 3.63) is 83.4 Å². The van der Waals surface area contributed by atoms with Crippen molar-refractivity contribution in [3.63, 3.8) is 0 Å². The number of hydrogen-bond acceptors (Lipinski definition) is 0. The second-order valence-electron chi connectivity index (χ2n) is 4.99. The van der Waals surface area contributed by atoms with Crippen LogP contribution in [0.25, 0.3) is 10.8 Å². The quantitative estimate of drug-likeness (QED) is 0.526. The molecule has 0 amide bonds. The Morgan fingerprint density at radius 2 is 1.62 bits per heavy atom. The highest BCUT2D eigenvalue weighted by atomic mass is 79.9. The number of alkyl halides is 1. The molecule has 0 spiro atoms. The van der Waals surface area contributed by atoms with Gasteiger partial charge < -0.3 is 0 Å². The molecular weight excluding hydrogens is 334 g/mol. The molecule has 3 aromatic rings. The average molecular weight is 347 g/mol. The monoisotopic (exact) mass is 346 g/mol. The van der Waals surface area contributed by atoms with Gasteiger partial charge in [0.25, 0.3) is 0 Å². The predicted octanol–water partition coefficient (Wildman–Crippen LogP) is 5.80. The van der Waals surface area contributed by atoms with Gasteiger partial charge in [-0.25, -0.2) is 8.78 Å². The van der Waals surface area contributed by atoms with Crippen LogP contribution in [-0.2, 0) is 6.42 Å². The summed E-state index contributed by atoms with van der Waals surface area (Å²) < 4.78 is 27.0. The van der Waals surface area contributed by atoms with Crippen molar-refractivity contribution in [1.82, 2.24) is 0 Å². The molecule has 0 aromatic heterocycles. The van der Waals surface area contributed by atoms with E-state index in [4.69, 9.17) is 0 Å². The molecule has 0 radical (unpaired) electrons. The second-order valence-corrected chi connectivity index (χ2v) is 6.10. The lowest BCUT2D eigenvalue weighted by molar-refractivity contribution is 0.498. The number of hydrogen-bond donors (Lipinski definition) is 0. The Morgan fingerprint density at radius 1 is 0.857 bits per heavy atom. The third-order valence-corrected chi connectivity index (χ3v) is 4.42. The molecule has 0 fully saturated rings. The molecule has 0 saturated carbocycles. The minimum Gasteiger partial charge on any atom is -0.204 e. The molecule has 0 saturated heterocycles. The maximum absolute atomic E-state index is 13.7. The van der Waals surface area contributed by atoms with E-state index in [1.54, 1.807) is 6.07 Å². The first-order valence-electron chi connectivity index (χ1n) is 6.71. The van der Waals surface area contributed by atoms with Gasteiger partial charge in [-0.15, -0.1) is 0 Å². The Labute approximate surface area is 130 Å². The second kappa shape index (κ2) is 5.94. The first kappa shape index (κ1) is 14.2. The van der Waals surface area contributed by atoms with Gasteiger partial charge >= 0.3 is 0 Å². The Kier molecular flexibility index (Phi) is 4.02. The van der Waals surface area contributed by atoms with Crippen LogP contribution >= 0.6 is 15.9 Å². The summed E-state index contributed by atoms with van der Waals surface area (Å²) in [7, 11) is 0. The van der Waals surface area contributed by atoms with Crippen molar-refractivity contribution in [1.29, 1.82) is 0 Å². The molecule has 0 aliphatic heterocycles. The van der Waals surface area contributed by atoms with E-state index in [9.17, 15) is 8.78 Å². The molecule has 0 bridgehead atoms. The lowest BCUT2D eigenvalue weighted by atomic mass is 10.0. The number of fused-ring (bicyclic) bond motifs is 1. The van der Waals surface area contributed by atoms with Crippen LogP contribution in [0.5, 0.6) is 0 Å². The molecule has 0 nitrogen and oxygen atoms in total. The van der Waals surface area contributed by atoms with Crippen molar-refractivity contribution in [2.75, 3.05) is 0 Å². The van der Waals surface area contributed by atoms with Crippen LogP contribution < -0.4 is 0 Å². The molecule has 3 aromatic carbocycles. The Morgan fingerprint density at radius 3 is 2.43 bits per heavy atom. The minimum absolute atomic E-state index is 0.0570. The molecule has 0 aliphatic carbocycles. The van der Waals surface area contributed by atoms with Gasteiger partial charge in [-0.1, -0.05) is 70.5 Å². The number of halogens is 3. The molecule has 21 heavy (non-hydrogen) atoms. The third kappa shape index (κ3) is 2.98. The Hall–Kier alpha value is -1.74. The highest BCUT2D eigenvalue weighted by Crippen LogP contribution is 2.30. The van der Waals surface area contributed by atoms with Gasteiger partial charge in [0.15, 0.2) is 11.6 Å². The van der Waals surface area contributed by atoms with Crippen LogP contribution in [0.4, 0.5) is 8.78 Å². The van der Waals surface area contributed by atoms with Gasteiger partial charge in [-0.05, 0) is 34.4 Å². The number of rotatable bonds is 3. The zero-order valence-electron chi connectivity index (χ0n) is 11.2. The van der Waals surface area contributed by atoms with Crippen molar-refractivity contribution in [2.45, 2.75) is 11.2 Å². The largest absolute Gasteiger partial charge is 0.204 e. The van der Waals surface area contributed by atoms with Crippen molar-refractivity contribution >= 4 is 26.7 Å². The van der Waals surface area contributed by atoms with Gasteiger partial charge in [0, 0.05) is 4.83 Å². The zero-order chi connectivity index (χ0) is 14.8. The van der Waals surface area contributed by atoms with E-state index in [0.29, 0.717) is 12.0 Å². The van der Waals surface area contributed by atoms with E-state index in [2.05, 4.69) is 28.1 Å². The van der Waals surface area contributed by atoms with Crippen molar-refractivity contribution in [3.8, 4) is 0 Å². The molecule has 3 rings (SSSR count). The summed E-state index contributed by atoms with van der Waals surface area (Å²) in [6.45, 7) is 0. The minimum atomic E-state index is -0.800. The van der Waals surface area contributed by atoms with Crippen LogP contribution in [0.2, 0.25) is 0 Å². The van der Waals surface area contributed by atoms with Gasteiger partial charge in [-0.2, -0.15) is 0 Å². The lowest BCUT2D eigenvalue weighted by Crippen LogP contribution is -2.00. The van der Waals surface area contributed by atoms with E-state index in [-0.39, 0.29) is 4.83 Å². The highest BCUT2D eigenvalue weighted by molar-refractivity contribution is 9.09. The normalized spacial score (nSPS) is 12.5. The standard InChI is InChI=1S/C18H13BrF2/c19-16(11-15-6-3-7-17(20)18(15)21)14-9-8-12-4-1-2-5-13(12)10-14/h1-10,16H,11H2. The van der Waals surface area contributed by atoms with E-state index >= 15 is 0 Å². The lowest BCUT2D eigenvalue weighted by Gasteiger charge is -2.12. The summed E-state index contributed by atoms with van der Waals surface area (Å²) in [4.78, 5) is -0.0570. The highest BCUT2D eigenvalue weighted by Gasteiger charge is 2.14. The van der Waals surface area contributed by atoms with Crippen LogP contribution in [-0.4, -0.2) is 0 Å². The van der Waals surface area contributed by atoms with Gasteiger partial charge in [0.1, 0.15) is 0 Å². The van der Waals surface area contributed by atoms with Crippen LogP contribution in [0, 0.1) is 11.6 Å². The SMILES string of the molecule is Fc1cccc(CC(Br)c2ccc3ccccc3c2)c1F. The Balaban J connectivity index is 1.89. The molecule has 0 heterocycles. The fourth-order valence-electron chi connectivity index (χ4n) is 2.42. The topological polar surface area (TPSA) is 0 Å². The van der Waals surface area contributed by atoms with Crippen molar-refractivity contribution < 1.29 is 8.78 Å². The first-order chi connectivity index (χ1) is 10.1. The zero-order valence-corrected chi connectivity index (χ0v) is 12.8. The molecule has 0 aliphatic rings. The van der Waals surface area contributed by atoms with E-state index in [1.165, 1.54) is 6.07 Å². The van der Waals surface area contributed by atoms with Crippen LogP contribution in [0.15, 0.2) is 60.7 Å². The van der Waals surface area contributed by atoms with Gasteiger partial charge in [0.2, 0.25) is 0 Å². The van der Waals surface area contributed by atoms with Crippen LogP contribution in [0.3, 0.4) is 0 Å². The molecule has 106 valence electrons. The predicted molar refractivity (Wildman–Crippen MR) is 85.7 cm³/mol. The average Bonchev–Trinajstić information content (AvgIpc) is 2.51. The summed E-state index contributed by atoms with van der Waals surface area (Å²) >= 11 is 3.58. The van der Waals surface area contributed by atoms with E-state index in [1.807, 2.05) is 30.3 Å². The van der Waals surface area contributed by atoms with Crippen LogP contribution in [0.1, 0.15) is 16.0 Å². The summed E-state index contributed by atoms with van der Waals surface area (Å²) in [5, 5.41) is 2.30. The maximum Gasteiger partial charge on any atom is 0.162 e. The fourth-order valence-corrected chi connectivity index (χ4v) is 3.05. The molecule has 1 atom stereocenters. The molecule has 3 heteroatoms. The summed E-state index contributed by atoms with van der Waals surface area (Å²) in [6.07, 6.45) is 0.405. The molecule has 0 N–H and O–H groups in total. The van der Waals surface area contributed by atoms with Gasteiger partial charge in [-0.3, -0.25) is 0 Å². The summed E-state index contributed by atoms with van der Waals surface area (Å²) in [5.41, 5.74) is 1.43. The van der Waals surface area contributed by atoms with E-state index in [0.717, 1.165) is 22.4 Å². The molecular formula is C18H13BrF2. The maximum atomic E-state index is 13.7. The van der Waals surface area contributed by atoms with E-state index < -0.39 is 11.6 Å². The van der Waals surface area contributed by atoms with Gasteiger partial charge in [0.05, 0.1) is 0 Å².